The van der Waals surface area contributed by atoms with E-state index in [9.17, 15) is 5.11 Å². The molecule has 2 rings (SSSR count). The average Bonchev–Trinajstić information content (AvgIpc) is 2.89. The predicted octanol–water partition coefficient (Wildman–Crippen LogP) is -0.629. The predicted molar refractivity (Wildman–Crippen MR) is 46.7 cm³/mol. The van der Waals surface area contributed by atoms with Crippen molar-refractivity contribution in [2.45, 2.75) is 18.4 Å². The van der Waals surface area contributed by atoms with Crippen molar-refractivity contribution < 1.29 is 5.11 Å². The van der Waals surface area contributed by atoms with Crippen LogP contribution in [0.25, 0.3) is 0 Å². The molecule has 1 atom stereocenters. The molecule has 0 bridgehead atoms. The SMILES string of the molecule is Cn1cc(C(O)(CN)C2CC2)nn1. The summed E-state index contributed by atoms with van der Waals surface area (Å²) >= 11 is 0. The number of hydrogen-bond donors (Lipinski definition) is 2. The van der Waals surface area contributed by atoms with Crippen LogP contribution in [-0.2, 0) is 12.6 Å². The Morgan fingerprint density at radius 1 is 1.77 bits per heavy atom. The van der Waals surface area contributed by atoms with Gasteiger partial charge in [-0.25, -0.2) is 0 Å². The molecule has 1 aromatic rings. The Bertz CT molecular complexity index is 307. The number of aromatic nitrogens is 3. The number of aryl methyl sites for hydroxylation is 1. The largest absolute Gasteiger partial charge is 0.382 e. The Hall–Kier alpha value is -0.940. The maximum Gasteiger partial charge on any atom is 0.125 e. The summed E-state index contributed by atoms with van der Waals surface area (Å²) in [6.07, 6.45) is 3.79. The lowest BCUT2D eigenvalue weighted by molar-refractivity contribution is 0.0178. The van der Waals surface area contributed by atoms with E-state index in [1.807, 2.05) is 0 Å². The molecule has 0 radical (unpaired) electrons. The second-order valence-electron chi connectivity index (χ2n) is 3.68. The average molecular weight is 182 g/mol. The van der Waals surface area contributed by atoms with Crippen molar-refractivity contribution in [2.75, 3.05) is 6.54 Å². The minimum atomic E-state index is -0.950. The first kappa shape index (κ1) is 8.65. The van der Waals surface area contributed by atoms with Gasteiger partial charge in [0, 0.05) is 13.6 Å². The van der Waals surface area contributed by atoms with Gasteiger partial charge in [0.2, 0.25) is 0 Å². The number of aliphatic hydroxyl groups is 1. The first-order valence-electron chi connectivity index (χ1n) is 4.46. The van der Waals surface area contributed by atoms with Gasteiger partial charge in [0.15, 0.2) is 0 Å². The van der Waals surface area contributed by atoms with Gasteiger partial charge in [-0.05, 0) is 18.8 Å². The Balaban J connectivity index is 2.29. The zero-order valence-electron chi connectivity index (χ0n) is 7.64. The molecule has 1 fully saturated rings. The Morgan fingerprint density at radius 2 is 2.46 bits per heavy atom. The van der Waals surface area contributed by atoms with Crippen molar-refractivity contribution >= 4 is 0 Å². The Morgan fingerprint density at radius 3 is 2.85 bits per heavy atom. The molecule has 1 aliphatic carbocycles. The van der Waals surface area contributed by atoms with Gasteiger partial charge in [-0.2, -0.15) is 0 Å². The molecule has 1 saturated carbocycles. The third-order valence-corrected chi connectivity index (χ3v) is 2.61. The Kier molecular flexibility index (Phi) is 1.85. The highest BCUT2D eigenvalue weighted by Crippen LogP contribution is 2.44. The third kappa shape index (κ3) is 1.34. The number of rotatable bonds is 3. The van der Waals surface area contributed by atoms with Crippen molar-refractivity contribution in [3.05, 3.63) is 11.9 Å². The molecular formula is C8H14N4O. The molecule has 1 aliphatic rings. The lowest BCUT2D eigenvalue weighted by Crippen LogP contribution is -2.37. The fraction of sp³-hybridized carbons (Fsp3) is 0.750. The highest BCUT2D eigenvalue weighted by molar-refractivity contribution is 5.13. The van der Waals surface area contributed by atoms with Gasteiger partial charge < -0.3 is 10.8 Å². The molecule has 1 aromatic heterocycles. The first-order chi connectivity index (χ1) is 6.16. The van der Waals surface area contributed by atoms with E-state index in [0.717, 1.165) is 12.8 Å². The summed E-state index contributed by atoms with van der Waals surface area (Å²) in [6.45, 7) is 0.219. The molecule has 5 heteroatoms. The minimum Gasteiger partial charge on any atom is -0.382 e. The van der Waals surface area contributed by atoms with Crippen molar-refractivity contribution in [1.82, 2.24) is 15.0 Å². The maximum atomic E-state index is 10.2. The summed E-state index contributed by atoms with van der Waals surface area (Å²) in [6, 6.07) is 0. The Labute approximate surface area is 76.5 Å². The van der Waals surface area contributed by atoms with E-state index in [-0.39, 0.29) is 12.5 Å². The van der Waals surface area contributed by atoms with Crippen LogP contribution in [-0.4, -0.2) is 26.6 Å². The summed E-state index contributed by atoms with van der Waals surface area (Å²) < 4.78 is 1.58. The quantitative estimate of drug-likeness (QED) is 0.652. The molecule has 0 saturated heterocycles. The van der Waals surface area contributed by atoms with Crippen LogP contribution in [0.3, 0.4) is 0 Å². The molecule has 3 N–H and O–H groups in total. The van der Waals surface area contributed by atoms with E-state index in [0.29, 0.717) is 5.69 Å². The van der Waals surface area contributed by atoms with Gasteiger partial charge in [0.25, 0.3) is 0 Å². The van der Waals surface area contributed by atoms with Crippen LogP contribution in [0.4, 0.5) is 0 Å². The fourth-order valence-electron chi connectivity index (χ4n) is 1.59. The molecule has 72 valence electrons. The van der Waals surface area contributed by atoms with Gasteiger partial charge >= 0.3 is 0 Å². The van der Waals surface area contributed by atoms with Crippen LogP contribution in [0.2, 0.25) is 0 Å². The second kappa shape index (κ2) is 2.78. The van der Waals surface area contributed by atoms with Crippen LogP contribution in [0.15, 0.2) is 6.20 Å². The third-order valence-electron chi connectivity index (χ3n) is 2.61. The van der Waals surface area contributed by atoms with Gasteiger partial charge in [0.05, 0.1) is 6.20 Å². The second-order valence-corrected chi connectivity index (χ2v) is 3.68. The van der Waals surface area contributed by atoms with Crippen molar-refractivity contribution in [3.8, 4) is 0 Å². The number of hydrogen-bond acceptors (Lipinski definition) is 4. The standard InChI is InChI=1S/C8H14N4O/c1-12-4-7(10-11-12)8(13,5-9)6-2-3-6/h4,6,13H,2-3,5,9H2,1H3. The zero-order chi connectivity index (χ0) is 9.47. The van der Waals surface area contributed by atoms with Crippen molar-refractivity contribution in [1.29, 1.82) is 0 Å². The summed E-state index contributed by atoms with van der Waals surface area (Å²) in [4.78, 5) is 0. The summed E-state index contributed by atoms with van der Waals surface area (Å²) in [5, 5.41) is 17.9. The van der Waals surface area contributed by atoms with Gasteiger partial charge in [-0.1, -0.05) is 5.21 Å². The van der Waals surface area contributed by atoms with Crippen LogP contribution in [0.5, 0.6) is 0 Å². The van der Waals surface area contributed by atoms with E-state index in [4.69, 9.17) is 5.73 Å². The molecule has 1 unspecified atom stereocenters. The van der Waals surface area contributed by atoms with Crippen molar-refractivity contribution in [3.63, 3.8) is 0 Å². The van der Waals surface area contributed by atoms with Gasteiger partial charge in [-0.3, -0.25) is 4.68 Å². The van der Waals surface area contributed by atoms with Crippen LogP contribution >= 0.6 is 0 Å². The van der Waals surface area contributed by atoms with Gasteiger partial charge in [-0.15, -0.1) is 5.10 Å². The van der Waals surface area contributed by atoms with E-state index in [2.05, 4.69) is 10.3 Å². The van der Waals surface area contributed by atoms with Crippen LogP contribution in [0.1, 0.15) is 18.5 Å². The van der Waals surface area contributed by atoms with E-state index in [1.165, 1.54) is 0 Å². The molecule has 5 nitrogen and oxygen atoms in total. The summed E-state index contributed by atoms with van der Waals surface area (Å²) in [5.74, 6) is 0.272. The van der Waals surface area contributed by atoms with E-state index in [1.54, 1.807) is 17.9 Å². The molecule has 1 heterocycles. The first-order valence-corrected chi connectivity index (χ1v) is 4.46. The minimum absolute atomic E-state index is 0.219. The number of nitrogens with zero attached hydrogens (tertiary/aromatic N) is 3. The molecule has 0 aromatic carbocycles. The van der Waals surface area contributed by atoms with Crippen LogP contribution in [0, 0.1) is 5.92 Å². The summed E-state index contributed by atoms with van der Waals surface area (Å²) in [7, 11) is 1.78. The highest BCUT2D eigenvalue weighted by atomic mass is 16.3. The topological polar surface area (TPSA) is 77.0 Å². The highest BCUT2D eigenvalue weighted by Gasteiger charge is 2.45. The fourth-order valence-corrected chi connectivity index (χ4v) is 1.59. The smallest absolute Gasteiger partial charge is 0.125 e. The monoisotopic (exact) mass is 182 g/mol. The van der Waals surface area contributed by atoms with E-state index < -0.39 is 5.60 Å². The zero-order valence-corrected chi connectivity index (χ0v) is 7.64. The lowest BCUT2D eigenvalue weighted by Gasteiger charge is -2.23. The normalized spacial score (nSPS) is 21.5. The molecule has 0 spiro atoms. The molecule has 0 aliphatic heterocycles. The van der Waals surface area contributed by atoms with E-state index >= 15 is 0 Å². The maximum absolute atomic E-state index is 10.2. The van der Waals surface area contributed by atoms with Crippen LogP contribution < -0.4 is 5.73 Å². The number of nitrogens with two attached hydrogens (primary N) is 1. The van der Waals surface area contributed by atoms with Crippen molar-refractivity contribution in [2.24, 2.45) is 18.7 Å². The molecule has 0 amide bonds. The molecular weight excluding hydrogens is 168 g/mol. The molecule has 13 heavy (non-hydrogen) atoms. The van der Waals surface area contributed by atoms with Gasteiger partial charge in [0.1, 0.15) is 11.3 Å². The lowest BCUT2D eigenvalue weighted by atomic mass is 9.94. The summed E-state index contributed by atoms with van der Waals surface area (Å²) in [5.41, 5.74) is 5.21.